The number of piperidine rings is 1. The fourth-order valence-corrected chi connectivity index (χ4v) is 3.20. The topological polar surface area (TPSA) is 84.0 Å². The number of aryl methyl sites for hydroxylation is 1. The number of H-pyrrole nitrogens is 1. The van der Waals surface area contributed by atoms with Crippen molar-refractivity contribution >= 4 is 6.09 Å². The van der Waals surface area contributed by atoms with Gasteiger partial charge >= 0.3 is 6.09 Å². The minimum absolute atomic E-state index is 0.187. The third-order valence-corrected chi connectivity index (χ3v) is 4.83. The van der Waals surface area contributed by atoms with Crippen LogP contribution in [-0.2, 0) is 0 Å². The molecule has 0 bridgehead atoms. The number of carbonyl (C=O) groups excluding carboxylic acids is 1. The van der Waals surface area contributed by atoms with E-state index in [2.05, 4.69) is 20.2 Å². The number of halogens is 1. The van der Waals surface area contributed by atoms with E-state index < -0.39 is 0 Å². The predicted octanol–water partition coefficient (Wildman–Crippen LogP) is 3.69. The lowest BCUT2D eigenvalue weighted by molar-refractivity contribution is 0.138. The van der Waals surface area contributed by atoms with Gasteiger partial charge < -0.3 is 9.64 Å². The molecule has 1 aliphatic heterocycles. The van der Waals surface area contributed by atoms with E-state index in [9.17, 15) is 9.18 Å². The molecule has 0 aliphatic carbocycles. The highest BCUT2D eigenvalue weighted by atomic mass is 19.1. The largest absolute Gasteiger partial charge is 0.415 e. The van der Waals surface area contributed by atoms with Crippen LogP contribution in [0, 0.1) is 12.7 Å². The number of likely N-dealkylation sites (tertiary alicyclic amines) is 1. The third-order valence-electron chi connectivity index (χ3n) is 4.83. The van der Waals surface area contributed by atoms with Gasteiger partial charge in [-0.2, -0.15) is 5.10 Å². The minimum Gasteiger partial charge on any atom is -0.409 e. The van der Waals surface area contributed by atoms with E-state index >= 15 is 0 Å². The molecule has 1 amide bonds. The van der Waals surface area contributed by atoms with E-state index in [0.717, 1.165) is 29.9 Å². The molecule has 0 atom stereocenters. The Hall–Kier alpha value is -3.29. The first kappa shape index (κ1) is 18.1. The summed E-state index contributed by atoms with van der Waals surface area (Å²) in [5, 5.41) is 7.22. The van der Waals surface area contributed by atoms with E-state index in [0.29, 0.717) is 24.7 Å². The molecule has 1 aromatic carbocycles. The second kappa shape index (κ2) is 7.75. The van der Waals surface area contributed by atoms with Crippen molar-refractivity contribution in [2.24, 2.45) is 0 Å². The zero-order valence-corrected chi connectivity index (χ0v) is 15.4. The number of hydrogen-bond acceptors (Lipinski definition) is 5. The maximum absolute atomic E-state index is 13.1. The van der Waals surface area contributed by atoms with Crippen molar-refractivity contribution in [2.75, 3.05) is 13.1 Å². The Balaban J connectivity index is 1.34. The number of aromatic amines is 1. The highest BCUT2D eigenvalue weighted by Gasteiger charge is 2.27. The first-order chi connectivity index (χ1) is 13.6. The van der Waals surface area contributed by atoms with E-state index in [-0.39, 0.29) is 17.8 Å². The first-order valence-corrected chi connectivity index (χ1v) is 9.16. The molecule has 7 nitrogen and oxygen atoms in total. The van der Waals surface area contributed by atoms with Crippen LogP contribution in [0.1, 0.15) is 30.3 Å². The smallest absolute Gasteiger partial charge is 0.409 e. The second-order valence-electron chi connectivity index (χ2n) is 6.82. The Morgan fingerprint density at radius 1 is 1.18 bits per heavy atom. The molecule has 0 unspecified atom stereocenters. The van der Waals surface area contributed by atoms with Gasteiger partial charge in [-0.15, -0.1) is 0 Å². The van der Waals surface area contributed by atoms with Crippen LogP contribution in [-0.4, -0.2) is 44.2 Å². The monoisotopic (exact) mass is 381 g/mol. The van der Waals surface area contributed by atoms with Crippen LogP contribution in [0.2, 0.25) is 0 Å². The van der Waals surface area contributed by atoms with Crippen LogP contribution in [0.5, 0.6) is 5.75 Å². The van der Waals surface area contributed by atoms with E-state index in [1.165, 1.54) is 12.1 Å². The van der Waals surface area contributed by atoms with Gasteiger partial charge in [-0.05, 0) is 56.2 Å². The SMILES string of the molecule is Cc1ccc(OC(=O)N2CCC(c3nc(-c4ccc(F)cc4)n[nH]3)CC2)cn1. The average molecular weight is 381 g/mol. The summed E-state index contributed by atoms with van der Waals surface area (Å²) < 4.78 is 18.4. The average Bonchev–Trinajstić information content (AvgIpc) is 3.20. The van der Waals surface area contributed by atoms with Crippen LogP contribution in [0.25, 0.3) is 11.4 Å². The Kier molecular flexibility index (Phi) is 5.01. The lowest BCUT2D eigenvalue weighted by atomic mass is 9.96. The number of ether oxygens (including phenoxy) is 1. The molecule has 1 saturated heterocycles. The molecule has 1 aliphatic rings. The van der Waals surface area contributed by atoms with Crippen molar-refractivity contribution in [3.8, 4) is 17.1 Å². The van der Waals surface area contributed by atoms with Crippen LogP contribution in [0.3, 0.4) is 0 Å². The molecular weight excluding hydrogens is 361 g/mol. The van der Waals surface area contributed by atoms with Crippen LogP contribution in [0.4, 0.5) is 9.18 Å². The maximum Gasteiger partial charge on any atom is 0.415 e. The molecule has 28 heavy (non-hydrogen) atoms. The van der Waals surface area contributed by atoms with Crippen molar-refractivity contribution in [2.45, 2.75) is 25.7 Å². The number of pyridine rings is 1. The van der Waals surface area contributed by atoms with Crippen molar-refractivity contribution in [1.82, 2.24) is 25.1 Å². The number of hydrogen-bond donors (Lipinski definition) is 1. The highest BCUT2D eigenvalue weighted by molar-refractivity contribution is 5.70. The number of aromatic nitrogens is 4. The van der Waals surface area contributed by atoms with Crippen molar-refractivity contribution in [1.29, 1.82) is 0 Å². The number of nitrogens with zero attached hydrogens (tertiary/aromatic N) is 4. The summed E-state index contributed by atoms with van der Waals surface area (Å²) in [7, 11) is 0. The molecule has 0 spiro atoms. The molecular formula is C20H20FN5O2. The molecule has 2 aromatic heterocycles. The first-order valence-electron chi connectivity index (χ1n) is 9.16. The summed E-state index contributed by atoms with van der Waals surface area (Å²) in [5.41, 5.74) is 1.63. The molecule has 3 heterocycles. The minimum atomic E-state index is -0.367. The van der Waals surface area contributed by atoms with Crippen LogP contribution in [0.15, 0.2) is 42.6 Å². The van der Waals surface area contributed by atoms with E-state index in [1.54, 1.807) is 35.4 Å². The van der Waals surface area contributed by atoms with Gasteiger partial charge in [-0.3, -0.25) is 10.1 Å². The van der Waals surface area contributed by atoms with Gasteiger partial charge in [0.15, 0.2) is 11.6 Å². The van der Waals surface area contributed by atoms with Gasteiger partial charge in [0.1, 0.15) is 11.6 Å². The van der Waals surface area contributed by atoms with Gasteiger partial charge in [0.25, 0.3) is 0 Å². The lowest BCUT2D eigenvalue weighted by Gasteiger charge is -2.30. The molecule has 0 saturated carbocycles. The molecule has 0 radical (unpaired) electrons. The third kappa shape index (κ3) is 4.00. The number of rotatable bonds is 3. The normalized spacial score (nSPS) is 14.9. The van der Waals surface area contributed by atoms with Crippen molar-refractivity contribution < 1.29 is 13.9 Å². The van der Waals surface area contributed by atoms with Crippen molar-refractivity contribution in [3.05, 3.63) is 59.9 Å². The number of carbonyl (C=O) groups is 1. The standard InChI is InChI=1S/C20H20FN5O2/c1-13-2-7-17(12-22-13)28-20(27)26-10-8-15(9-11-26)19-23-18(24-25-19)14-3-5-16(21)6-4-14/h2-7,12,15H,8-11H2,1H3,(H,23,24,25). The maximum atomic E-state index is 13.1. The Bertz CT molecular complexity index is 947. The summed E-state index contributed by atoms with van der Waals surface area (Å²) in [6.45, 7) is 3.03. The van der Waals surface area contributed by atoms with Crippen LogP contribution >= 0.6 is 0 Å². The van der Waals surface area contributed by atoms with Gasteiger partial charge in [0, 0.05) is 30.3 Å². The highest BCUT2D eigenvalue weighted by Crippen LogP contribution is 2.27. The van der Waals surface area contributed by atoms with Crippen molar-refractivity contribution in [3.63, 3.8) is 0 Å². The quantitative estimate of drug-likeness (QED) is 0.748. The summed E-state index contributed by atoms with van der Waals surface area (Å²) in [5.74, 6) is 1.67. The van der Waals surface area contributed by atoms with Gasteiger partial charge in [-0.1, -0.05) is 0 Å². The Labute approximate surface area is 161 Å². The molecule has 1 fully saturated rings. The van der Waals surface area contributed by atoms with Gasteiger partial charge in [0.05, 0.1) is 6.20 Å². The molecule has 4 rings (SSSR count). The van der Waals surface area contributed by atoms with Gasteiger partial charge in [0.2, 0.25) is 0 Å². The number of nitrogens with one attached hydrogen (secondary N) is 1. The van der Waals surface area contributed by atoms with E-state index in [1.807, 2.05) is 6.92 Å². The molecule has 1 N–H and O–H groups in total. The second-order valence-corrected chi connectivity index (χ2v) is 6.82. The fraction of sp³-hybridized carbons (Fsp3) is 0.300. The number of benzene rings is 1. The summed E-state index contributed by atoms with van der Waals surface area (Å²) >= 11 is 0. The summed E-state index contributed by atoms with van der Waals surface area (Å²) in [6, 6.07) is 9.62. The number of amides is 1. The molecule has 8 heteroatoms. The Morgan fingerprint density at radius 2 is 1.93 bits per heavy atom. The lowest BCUT2D eigenvalue weighted by Crippen LogP contribution is -2.39. The summed E-state index contributed by atoms with van der Waals surface area (Å²) in [4.78, 5) is 22.7. The zero-order valence-electron chi connectivity index (χ0n) is 15.4. The van der Waals surface area contributed by atoms with Gasteiger partial charge in [-0.25, -0.2) is 14.2 Å². The van der Waals surface area contributed by atoms with Crippen LogP contribution < -0.4 is 4.74 Å². The molecule has 144 valence electrons. The van der Waals surface area contributed by atoms with E-state index in [4.69, 9.17) is 4.74 Å². The zero-order chi connectivity index (χ0) is 19.5. The summed E-state index contributed by atoms with van der Waals surface area (Å²) in [6.07, 6.45) is 2.71. The molecule has 3 aromatic rings. The Morgan fingerprint density at radius 3 is 2.61 bits per heavy atom. The predicted molar refractivity (Wildman–Crippen MR) is 100 cm³/mol. The fourth-order valence-electron chi connectivity index (χ4n) is 3.20.